The maximum atomic E-state index is 10.9. The van der Waals surface area contributed by atoms with Gasteiger partial charge in [0.05, 0.1) is 6.54 Å². The Balaban J connectivity index is 3.75. The number of nitrogens with one attached hydrogen (secondary N) is 2. The van der Waals surface area contributed by atoms with E-state index in [2.05, 4.69) is 33.1 Å². The Kier molecular flexibility index (Phi) is 5.73. The van der Waals surface area contributed by atoms with Crippen LogP contribution >= 0.6 is 27.5 Å². The molecule has 0 fully saturated rings. The molecule has 1 atom stereocenters. The normalized spacial score (nSPS) is 11.6. The van der Waals surface area contributed by atoms with Crippen LogP contribution in [0.3, 0.4) is 0 Å². The minimum Gasteiger partial charge on any atom is -0.333 e. The minimum absolute atomic E-state index is 0.260. The van der Waals surface area contributed by atoms with Gasteiger partial charge in [-0.2, -0.15) is 0 Å². The van der Waals surface area contributed by atoms with E-state index < -0.39 is 17.3 Å². The highest BCUT2D eigenvalue weighted by molar-refractivity contribution is 9.11. The third kappa shape index (κ3) is 6.60. The Morgan fingerprint density at radius 1 is 1.62 bits per heavy atom. The van der Waals surface area contributed by atoms with Gasteiger partial charge in [-0.25, -0.2) is 4.79 Å². The first kappa shape index (κ1) is 12.4. The van der Waals surface area contributed by atoms with Crippen molar-refractivity contribution in [1.82, 2.24) is 10.6 Å². The predicted molar refractivity (Wildman–Crippen MR) is 54.9 cm³/mol. The number of rotatable bonds is 3. The summed E-state index contributed by atoms with van der Waals surface area (Å²) < 4.78 is 0.619. The zero-order valence-electron chi connectivity index (χ0n) is 7.06. The van der Waals surface area contributed by atoms with Gasteiger partial charge in [-0.05, 0) is 6.92 Å². The van der Waals surface area contributed by atoms with Crippen LogP contribution in [0.1, 0.15) is 6.92 Å². The topological polar surface area (TPSA) is 58.2 Å². The van der Waals surface area contributed by atoms with Crippen LogP contribution in [0.25, 0.3) is 0 Å². The molecular weight excluding hydrogens is 259 g/mol. The lowest BCUT2D eigenvalue weighted by Gasteiger charge is -2.06. The Labute approximate surface area is 89.8 Å². The summed E-state index contributed by atoms with van der Waals surface area (Å²) in [6, 6.07) is -0.585. The van der Waals surface area contributed by atoms with E-state index in [-0.39, 0.29) is 6.54 Å². The fourth-order valence-electron chi connectivity index (χ4n) is 0.432. The van der Waals surface area contributed by atoms with Crippen LogP contribution < -0.4 is 10.6 Å². The van der Waals surface area contributed by atoms with Gasteiger partial charge >= 0.3 is 6.03 Å². The Hall–Kier alpha value is -0.550. The third-order valence-electron chi connectivity index (χ3n) is 1.04. The van der Waals surface area contributed by atoms with E-state index in [9.17, 15) is 9.59 Å². The molecule has 0 rings (SSSR count). The van der Waals surface area contributed by atoms with Crippen LogP contribution in [0.15, 0.2) is 11.1 Å². The summed E-state index contributed by atoms with van der Waals surface area (Å²) >= 11 is 8.47. The average molecular weight is 270 g/mol. The smallest absolute Gasteiger partial charge is 0.321 e. The summed E-state index contributed by atoms with van der Waals surface area (Å²) in [7, 11) is 0. The summed E-state index contributed by atoms with van der Waals surface area (Å²) in [5.41, 5.74) is 0. The van der Waals surface area contributed by atoms with Crippen molar-refractivity contribution in [2.45, 2.75) is 12.3 Å². The maximum absolute atomic E-state index is 10.9. The first-order chi connectivity index (χ1) is 5.93. The highest BCUT2D eigenvalue weighted by atomic mass is 79.9. The molecule has 0 saturated carbocycles. The lowest BCUT2D eigenvalue weighted by molar-refractivity contribution is -0.119. The molecule has 74 valence electrons. The SMILES string of the molecule is C=C(Br)CNC(=O)NC(=O)C(C)Cl. The van der Waals surface area contributed by atoms with Gasteiger partial charge in [-0.1, -0.05) is 22.5 Å². The van der Waals surface area contributed by atoms with Crippen LogP contribution in [0.2, 0.25) is 0 Å². The fraction of sp³-hybridized carbons (Fsp3) is 0.429. The second-order valence-corrected chi connectivity index (χ2v) is 4.08. The number of urea groups is 1. The predicted octanol–water partition coefficient (Wildman–Crippen LogP) is 1.35. The standard InChI is InChI=1S/C7H10BrClN2O2/c1-4(8)3-10-7(13)11-6(12)5(2)9/h5H,1,3H2,2H3,(H2,10,11,12,13). The number of hydrogen-bond donors (Lipinski definition) is 2. The molecule has 3 amide bonds. The van der Waals surface area contributed by atoms with Crippen molar-refractivity contribution in [3.05, 3.63) is 11.1 Å². The number of hydrogen-bond acceptors (Lipinski definition) is 2. The average Bonchev–Trinajstić information content (AvgIpc) is 2.00. The van der Waals surface area contributed by atoms with Gasteiger partial charge < -0.3 is 5.32 Å². The molecular formula is C7H10BrClN2O2. The third-order valence-corrected chi connectivity index (χ3v) is 1.52. The minimum atomic E-state index is -0.724. The van der Waals surface area contributed by atoms with Crippen molar-refractivity contribution in [2.75, 3.05) is 6.54 Å². The lowest BCUT2D eigenvalue weighted by Crippen LogP contribution is -2.42. The molecule has 0 spiro atoms. The molecule has 0 heterocycles. The molecule has 0 saturated heterocycles. The van der Waals surface area contributed by atoms with E-state index in [1.165, 1.54) is 6.92 Å². The van der Waals surface area contributed by atoms with Gasteiger partial charge in [-0.3, -0.25) is 10.1 Å². The van der Waals surface area contributed by atoms with Gasteiger partial charge in [0.25, 0.3) is 0 Å². The van der Waals surface area contributed by atoms with E-state index in [0.717, 1.165) is 0 Å². The fourth-order valence-corrected chi connectivity index (χ4v) is 0.626. The molecule has 0 aromatic rings. The van der Waals surface area contributed by atoms with Crippen LogP contribution in [0.4, 0.5) is 4.79 Å². The molecule has 2 N–H and O–H groups in total. The van der Waals surface area contributed by atoms with Crippen molar-refractivity contribution < 1.29 is 9.59 Å². The maximum Gasteiger partial charge on any atom is 0.321 e. The second kappa shape index (κ2) is 5.99. The molecule has 13 heavy (non-hydrogen) atoms. The highest BCUT2D eigenvalue weighted by Crippen LogP contribution is 1.96. The number of carbonyl (C=O) groups is 2. The van der Waals surface area contributed by atoms with Crippen LogP contribution in [0, 0.1) is 0 Å². The first-order valence-electron chi connectivity index (χ1n) is 3.49. The molecule has 0 aromatic carbocycles. The van der Waals surface area contributed by atoms with Gasteiger partial charge in [0, 0.05) is 4.48 Å². The number of halogens is 2. The molecule has 0 aromatic heterocycles. The van der Waals surface area contributed by atoms with Crippen LogP contribution in [-0.2, 0) is 4.79 Å². The first-order valence-corrected chi connectivity index (χ1v) is 4.72. The lowest BCUT2D eigenvalue weighted by atomic mass is 10.4. The zero-order chi connectivity index (χ0) is 10.4. The Morgan fingerprint density at radius 2 is 2.15 bits per heavy atom. The van der Waals surface area contributed by atoms with Gasteiger partial charge in [0.15, 0.2) is 0 Å². The van der Waals surface area contributed by atoms with Crippen molar-refractivity contribution in [3.63, 3.8) is 0 Å². The second-order valence-electron chi connectivity index (χ2n) is 2.31. The van der Waals surface area contributed by atoms with E-state index in [1.54, 1.807) is 0 Å². The molecule has 4 nitrogen and oxygen atoms in total. The molecule has 1 unspecified atom stereocenters. The summed E-state index contributed by atoms with van der Waals surface area (Å²) in [5.74, 6) is -0.528. The summed E-state index contributed by atoms with van der Waals surface area (Å²) in [6.07, 6.45) is 0. The van der Waals surface area contributed by atoms with Gasteiger partial charge in [-0.15, -0.1) is 11.6 Å². The van der Waals surface area contributed by atoms with E-state index in [0.29, 0.717) is 4.48 Å². The van der Waals surface area contributed by atoms with Crippen molar-refractivity contribution in [3.8, 4) is 0 Å². The number of alkyl halides is 1. The molecule has 0 bridgehead atoms. The zero-order valence-corrected chi connectivity index (χ0v) is 9.41. The number of imide groups is 1. The van der Waals surface area contributed by atoms with Crippen LogP contribution in [-0.4, -0.2) is 23.9 Å². The number of amides is 3. The van der Waals surface area contributed by atoms with Gasteiger partial charge in [0.2, 0.25) is 5.91 Å². The summed E-state index contributed by atoms with van der Waals surface area (Å²) in [6.45, 7) is 5.24. The quantitative estimate of drug-likeness (QED) is 0.760. The van der Waals surface area contributed by atoms with E-state index >= 15 is 0 Å². The highest BCUT2D eigenvalue weighted by Gasteiger charge is 2.11. The van der Waals surface area contributed by atoms with Gasteiger partial charge in [0.1, 0.15) is 5.38 Å². The van der Waals surface area contributed by atoms with Crippen molar-refractivity contribution in [2.24, 2.45) is 0 Å². The monoisotopic (exact) mass is 268 g/mol. The molecule has 0 aliphatic heterocycles. The van der Waals surface area contributed by atoms with E-state index in [1.807, 2.05) is 0 Å². The molecule has 0 aliphatic carbocycles. The molecule has 6 heteroatoms. The Bertz CT molecular complexity index is 231. The number of carbonyl (C=O) groups excluding carboxylic acids is 2. The Morgan fingerprint density at radius 3 is 2.54 bits per heavy atom. The van der Waals surface area contributed by atoms with Crippen LogP contribution in [0.5, 0.6) is 0 Å². The summed E-state index contributed by atoms with van der Waals surface area (Å²) in [5, 5.41) is 3.72. The van der Waals surface area contributed by atoms with Crippen molar-refractivity contribution in [1.29, 1.82) is 0 Å². The van der Waals surface area contributed by atoms with E-state index in [4.69, 9.17) is 11.6 Å². The summed E-state index contributed by atoms with van der Waals surface area (Å²) in [4.78, 5) is 21.8. The largest absolute Gasteiger partial charge is 0.333 e. The molecule has 0 radical (unpaired) electrons. The van der Waals surface area contributed by atoms with Crippen molar-refractivity contribution >= 4 is 39.5 Å². The molecule has 0 aliphatic rings.